The Morgan fingerprint density at radius 1 is 1.15 bits per heavy atom. The predicted molar refractivity (Wildman–Crippen MR) is 81.7 cm³/mol. The lowest BCUT2D eigenvalue weighted by Gasteiger charge is -2.27. The Balaban J connectivity index is 4.28. The summed E-state index contributed by atoms with van der Waals surface area (Å²) in [6.07, 6.45) is 7.64. The second-order valence-corrected chi connectivity index (χ2v) is 5.65. The summed E-state index contributed by atoms with van der Waals surface area (Å²) < 4.78 is 11.1. The maximum Gasteiger partial charge on any atom is 0.106 e. The van der Waals surface area contributed by atoms with Crippen LogP contribution in [0, 0.1) is 0 Å². The molecule has 0 radical (unpaired) electrons. The van der Waals surface area contributed by atoms with E-state index in [0.29, 0.717) is 6.61 Å². The van der Waals surface area contributed by atoms with Crippen LogP contribution in [0.1, 0.15) is 40.5 Å². The van der Waals surface area contributed by atoms with Crippen molar-refractivity contribution in [3.8, 4) is 0 Å². The van der Waals surface area contributed by atoms with Crippen LogP contribution in [0.5, 0.6) is 0 Å². The van der Waals surface area contributed by atoms with Gasteiger partial charge in [-0.05, 0) is 27.2 Å². The molecule has 0 aromatic carbocycles. The first-order chi connectivity index (χ1) is 9.40. The van der Waals surface area contributed by atoms with Crippen molar-refractivity contribution in [1.82, 2.24) is 0 Å². The summed E-state index contributed by atoms with van der Waals surface area (Å²) in [7, 11) is 0. The van der Waals surface area contributed by atoms with Crippen LogP contribution < -0.4 is 0 Å². The molecule has 2 unspecified atom stereocenters. The molecule has 4 heteroatoms. The van der Waals surface area contributed by atoms with Crippen molar-refractivity contribution < 1.29 is 19.7 Å². The van der Waals surface area contributed by atoms with Gasteiger partial charge < -0.3 is 19.7 Å². The molecule has 2 N–H and O–H groups in total. The fourth-order valence-corrected chi connectivity index (χ4v) is 1.53. The zero-order chi connectivity index (χ0) is 15.4. The maximum atomic E-state index is 10.1. The van der Waals surface area contributed by atoms with Gasteiger partial charge in [-0.25, -0.2) is 0 Å². The number of rotatable bonds is 10. The van der Waals surface area contributed by atoms with Gasteiger partial charge in [-0.2, -0.15) is 0 Å². The van der Waals surface area contributed by atoms with Gasteiger partial charge in [0.1, 0.15) is 12.2 Å². The molecule has 0 aliphatic rings. The van der Waals surface area contributed by atoms with Gasteiger partial charge >= 0.3 is 0 Å². The molecule has 2 atom stereocenters. The van der Waals surface area contributed by atoms with Gasteiger partial charge in [-0.1, -0.05) is 37.6 Å². The molecule has 0 fully saturated rings. The molecule has 20 heavy (non-hydrogen) atoms. The standard InChI is InChI=1S/C16H30O4/c1-5-6-12-19-13-8-9-14(18)15(10-7-11-17)20-16(2,3)4/h7-10,14-15,17-18H,5-6,11-13H2,1-4H3. The van der Waals surface area contributed by atoms with E-state index in [1.54, 1.807) is 24.3 Å². The van der Waals surface area contributed by atoms with E-state index in [4.69, 9.17) is 14.6 Å². The first kappa shape index (κ1) is 19.3. The molecule has 0 saturated heterocycles. The van der Waals surface area contributed by atoms with Crippen molar-refractivity contribution in [1.29, 1.82) is 0 Å². The van der Waals surface area contributed by atoms with Gasteiger partial charge in [0.15, 0.2) is 0 Å². The molecule has 0 aromatic heterocycles. The zero-order valence-corrected chi connectivity index (χ0v) is 13.2. The normalized spacial score (nSPS) is 16.1. The van der Waals surface area contributed by atoms with E-state index in [-0.39, 0.29) is 12.2 Å². The third kappa shape index (κ3) is 11.2. The minimum Gasteiger partial charge on any atom is -0.392 e. The van der Waals surface area contributed by atoms with Crippen molar-refractivity contribution in [2.24, 2.45) is 0 Å². The van der Waals surface area contributed by atoms with Crippen molar-refractivity contribution in [3.05, 3.63) is 24.3 Å². The summed E-state index contributed by atoms with van der Waals surface area (Å²) >= 11 is 0. The average Bonchev–Trinajstić information content (AvgIpc) is 2.37. The lowest BCUT2D eigenvalue weighted by molar-refractivity contribution is -0.0760. The first-order valence-electron chi connectivity index (χ1n) is 7.28. The van der Waals surface area contributed by atoms with Crippen molar-refractivity contribution in [2.75, 3.05) is 19.8 Å². The lowest BCUT2D eigenvalue weighted by Crippen LogP contribution is -2.34. The molecule has 4 nitrogen and oxygen atoms in total. The molecule has 0 aliphatic heterocycles. The third-order valence-electron chi connectivity index (χ3n) is 2.45. The highest BCUT2D eigenvalue weighted by Crippen LogP contribution is 2.15. The molecular formula is C16H30O4. The van der Waals surface area contributed by atoms with Crippen LogP contribution in [0.2, 0.25) is 0 Å². The van der Waals surface area contributed by atoms with Crippen LogP contribution in [0.4, 0.5) is 0 Å². The summed E-state index contributed by atoms with van der Waals surface area (Å²) in [6, 6.07) is 0. The van der Waals surface area contributed by atoms with Crippen LogP contribution in [0.15, 0.2) is 24.3 Å². The molecule has 0 aromatic rings. The first-order valence-corrected chi connectivity index (χ1v) is 7.28. The van der Waals surface area contributed by atoms with Crippen molar-refractivity contribution >= 4 is 0 Å². The number of hydrogen-bond donors (Lipinski definition) is 2. The molecule has 0 aliphatic carbocycles. The number of ether oxygens (including phenoxy) is 2. The fourth-order valence-electron chi connectivity index (χ4n) is 1.53. The minimum atomic E-state index is -0.758. The number of aliphatic hydroxyl groups is 2. The zero-order valence-electron chi connectivity index (χ0n) is 13.2. The van der Waals surface area contributed by atoms with Gasteiger partial charge in [0.05, 0.1) is 18.8 Å². The summed E-state index contributed by atoms with van der Waals surface area (Å²) in [5.74, 6) is 0. The van der Waals surface area contributed by atoms with Gasteiger partial charge in [-0.3, -0.25) is 0 Å². The predicted octanol–water partition coefficient (Wildman–Crippen LogP) is 2.45. The Labute approximate surface area is 123 Å². The Bertz CT molecular complexity index is 279. The van der Waals surface area contributed by atoms with Crippen molar-refractivity contribution in [2.45, 2.75) is 58.3 Å². The molecular weight excluding hydrogens is 256 g/mol. The third-order valence-corrected chi connectivity index (χ3v) is 2.45. The van der Waals surface area contributed by atoms with Crippen LogP contribution in [0.3, 0.4) is 0 Å². The Hall–Kier alpha value is -0.680. The smallest absolute Gasteiger partial charge is 0.106 e. The van der Waals surface area contributed by atoms with Crippen LogP contribution in [0.25, 0.3) is 0 Å². The van der Waals surface area contributed by atoms with E-state index < -0.39 is 12.2 Å². The Kier molecular flexibility index (Phi) is 10.7. The van der Waals surface area contributed by atoms with Gasteiger partial charge in [0.25, 0.3) is 0 Å². The largest absolute Gasteiger partial charge is 0.392 e. The van der Waals surface area contributed by atoms with Gasteiger partial charge in [0.2, 0.25) is 0 Å². The fraction of sp³-hybridized carbons (Fsp3) is 0.750. The van der Waals surface area contributed by atoms with E-state index in [9.17, 15) is 5.11 Å². The SMILES string of the molecule is CCCCOCC=CC(O)C(C=CCO)OC(C)(C)C. The summed E-state index contributed by atoms with van der Waals surface area (Å²) in [5, 5.41) is 18.9. The average molecular weight is 286 g/mol. The Morgan fingerprint density at radius 3 is 2.40 bits per heavy atom. The molecule has 0 heterocycles. The second-order valence-electron chi connectivity index (χ2n) is 5.65. The summed E-state index contributed by atoms with van der Waals surface area (Å²) in [5.41, 5.74) is -0.364. The molecule has 0 bridgehead atoms. The second kappa shape index (κ2) is 11.0. The number of aliphatic hydroxyl groups excluding tert-OH is 2. The van der Waals surface area contributed by atoms with E-state index >= 15 is 0 Å². The summed E-state index contributed by atoms with van der Waals surface area (Å²) in [6.45, 7) is 9.06. The van der Waals surface area contributed by atoms with Crippen molar-refractivity contribution in [3.63, 3.8) is 0 Å². The molecule has 118 valence electrons. The molecule has 0 spiro atoms. The number of hydrogen-bond acceptors (Lipinski definition) is 4. The lowest BCUT2D eigenvalue weighted by atomic mass is 10.1. The summed E-state index contributed by atoms with van der Waals surface area (Å²) in [4.78, 5) is 0. The van der Waals surface area contributed by atoms with Crippen LogP contribution in [-0.2, 0) is 9.47 Å². The molecule has 0 amide bonds. The molecule has 0 rings (SSSR count). The van der Waals surface area contributed by atoms with Crippen LogP contribution >= 0.6 is 0 Å². The van der Waals surface area contributed by atoms with Gasteiger partial charge in [-0.15, -0.1) is 0 Å². The van der Waals surface area contributed by atoms with E-state index in [1.165, 1.54) is 0 Å². The minimum absolute atomic E-state index is 0.0689. The number of unbranched alkanes of at least 4 members (excludes halogenated alkanes) is 1. The highest BCUT2D eigenvalue weighted by molar-refractivity contribution is 5.02. The van der Waals surface area contributed by atoms with E-state index in [0.717, 1.165) is 19.4 Å². The monoisotopic (exact) mass is 286 g/mol. The molecule has 0 saturated carbocycles. The highest BCUT2D eigenvalue weighted by atomic mass is 16.5. The quantitative estimate of drug-likeness (QED) is 0.478. The maximum absolute atomic E-state index is 10.1. The highest BCUT2D eigenvalue weighted by Gasteiger charge is 2.21. The van der Waals surface area contributed by atoms with Crippen LogP contribution in [-0.4, -0.2) is 47.8 Å². The van der Waals surface area contributed by atoms with E-state index in [2.05, 4.69) is 6.92 Å². The topological polar surface area (TPSA) is 58.9 Å². The van der Waals surface area contributed by atoms with Gasteiger partial charge in [0, 0.05) is 6.61 Å². The van der Waals surface area contributed by atoms with E-state index in [1.807, 2.05) is 20.8 Å². The Morgan fingerprint density at radius 2 is 1.85 bits per heavy atom.